The molecule has 2 aromatic rings. The van der Waals surface area contributed by atoms with E-state index < -0.39 is 41.6 Å². The predicted octanol–water partition coefficient (Wildman–Crippen LogP) is 3.65. The summed E-state index contributed by atoms with van der Waals surface area (Å²) in [5, 5.41) is 16.0. The molecule has 40 heavy (non-hydrogen) atoms. The van der Waals surface area contributed by atoms with Gasteiger partial charge in [0.05, 0.1) is 13.0 Å². The Hall–Kier alpha value is -4.34. The van der Waals surface area contributed by atoms with Crippen LogP contribution in [-0.2, 0) is 30.3 Å². The van der Waals surface area contributed by atoms with Gasteiger partial charge in [-0.3, -0.25) is 14.4 Å². The summed E-state index contributed by atoms with van der Waals surface area (Å²) in [6, 6.07) is 12.8. The van der Waals surface area contributed by atoms with Crippen LogP contribution >= 0.6 is 0 Å². The van der Waals surface area contributed by atoms with Crippen LogP contribution in [-0.4, -0.2) is 65.2 Å². The highest BCUT2D eigenvalue weighted by Crippen LogP contribution is 2.30. The van der Waals surface area contributed by atoms with Crippen molar-refractivity contribution in [1.82, 2.24) is 15.5 Å². The van der Waals surface area contributed by atoms with Crippen LogP contribution in [0.25, 0.3) is 0 Å². The number of nitrogens with one attached hydrogen (secondary N) is 2. The van der Waals surface area contributed by atoms with Crippen molar-refractivity contribution < 1.29 is 33.8 Å². The minimum Gasteiger partial charge on any atom is -0.508 e. The molecule has 0 heterocycles. The van der Waals surface area contributed by atoms with E-state index in [4.69, 9.17) is 9.47 Å². The summed E-state index contributed by atoms with van der Waals surface area (Å²) < 4.78 is 10.3. The molecule has 0 radical (unpaired) electrons. The molecule has 3 N–H and O–H groups in total. The van der Waals surface area contributed by atoms with Crippen LogP contribution in [0.1, 0.15) is 51.3 Å². The Bertz CT molecular complexity index is 1160. The lowest BCUT2D eigenvalue weighted by molar-refractivity contribution is -0.144. The first-order valence-electron chi connectivity index (χ1n) is 13.1. The highest BCUT2D eigenvalue weighted by atomic mass is 16.6. The fourth-order valence-corrected chi connectivity index (χ4v) is 3.95. The molecule has 0 fully saturated rings. The molecule has 216 valence electrons. The topological polar surface area (TPSA) is 134 Å². The number of carbonyl (C=O) groups is 4. The number of ether oxygens (including phenoxy) is 2. The Morgan fingerprint density at radius 3 is 2.30 bits per heavy atom. The van der Waals surface area contributed by atoms with Crippen molar-refractivity contribution in [3.8, 4) is 5.75 Å². The molecule has 10 heteroatoms. The van der Waals surface area contributed by atoms with E-state index in [0.717, 1.165) is 5.56 Å². The average molecular weight is 554 g/mol. The SMILES string of the molecule is C=CCN(C(=O)C(Cc1ccccc1)NC(=O)OC(C)(C)C)C(C(=O)NCCC(=O)OCC)c1ccccc1O. The maximum absolute atomic E-state index is 14.1. The Morgan fingerprint density at radius 2 is 1.70 bits per heavy atom. The van der Waals surface area contributed by atoms with Crippen LogP contribution in [0, 0.1) is 0 Å². The van der Waals surface area contributed by atoms with Gasteiger partial charge in [-0.2, -0.15) is 0 Å². The molecule has 0 aliphatic rings. The average Bonchev–Trinajstić information content (AvgIpc) is 2.88. The predicted molar refractivity (Wildman–Crippen MR) is 150 cm³/mol. The van der Waals surface area contributed by atoms with Gasteiger partial charge in [-0.05, 0) is 39.3 Å². The number of para-hydroxylation sites is 1. The Kier molecular flexibility index (Phi) is 12.2. The summed E-state index contributed by atoms with van der Waals surface area (Å²) in [5.74, 6) is -1.90. The largest absolute Gasteiger partial charge is 0.508 e. The smallest absolute Gasteiger partial charge is 0.408 e. The molecule has 0 spiro atoms. The van der Waals surface area contributed by atoms with Gasteiger partial charge >= 0.3 is 12.1 Å². The van der Waals surface area contributed by atoms with Crippen LogP contribution < -0.4 is 10.6 Å². The van der Waals surface area contributed by atoms with Gasteiger partial charge in [-0.1, -0.05) is 54.6 Å². The molecule has 0 aliphatic heterocycles. The number of hydrogen-bond acceptors (Lipinski definition) is 7. The summed E-state index contributed by atoms with van der Waals surface area (Å²) in [4.78, 5) is 53.4. The number of nitrogens with zero attached hydrogens (tertiary/aromatic N) is 1. The zero-order chi connectivity index (χ0) is 29.7. The second-order valence-corrected chi connectivity index (χ2v) is 9.98. The van der Waals surface area contributed by atoms with Gasteiger partial charge < -0.3 is 30.1 Å². The summed E-state index contributed by atoms with van der Waals surface area (Å²) in [5.41, 5.74) is 0.137. The molecule has 10 nitrogen and oxygen atoms in total. The number of aromatic hydroxyl groups is 1. The highest BCUT2D eigenvalue weighted by Gasteiger charge is 2.37. The first-order chi connectivity index (χ1) is 19.0. The van der Waals surface area contributed by atoms with E-state index in [9.17, 15) is 24.3 Å². The molecule has 0 saturated heterocycles. The van der Waals surface area contributed by atoms with Crippen LogP contribution in [0.2, 0.25) is 0 Å². The van der Waals surface area contributed by atoms with Gasteiger partial charge in [0.2, 0.25) is 11.8 Å². The number of esters is 1. The van der Waals surface area contributed by atoms with E-state index in [1.165, 1.54) is 23.1 Å². The van der Waals surface area contributed by atoms with Crippen molar-refractivity contribution in [2.45, 2.75) is 58.2 Å². The lowest BCUT2D eigenvalue weighted by atomic mass is 9.99. The van der Waals surface area contributed by atoms with Crippen LogP contribution in [0.15, 0.2) is 67.3 Å². The number of amides is 3. The number of alkyl carbamates (subject to hydrolysis) is 1. The lowest BCUT2D eigenvalue weighted by Crippen LogP contribution is -2.54. The number of phenolic OH excluding ortho intramolecular Hbond substituents is 1. The first-order valence-corrected chi connectivity index (χ1v) is 13.1. The van der Waals surface area contributed by atoms with Gasteiger partial charge in [0, 0.05) is 25.1 Å². The summed E-state index contributed by atoms with van der Waals surface area (Å²) in [6.45, 7) is 10.6. The van der Waals surface area contributed by atoms with Gasteiger partial charge in [-0.15, -0.1) is 6.58 Å². The van der Waals surface area contributed by atoms with Crippen molar-refractivity contribution >= 4 is 23.9 Å². The highest BCUT2D eigenvalue weighted by molar-refractivity contribution is 5.93. The molecule has 2 rings (SSSR count). The summed E-state index contributed by atoms with van der Waals surface area (Å²) in [7, 11) is 0. The maximum Gasteiger partial charge on any atom is 0.408 e. The number of benzene rings is 2. The van der Waals surface area contributed by atoms with Gasteiger partial charge in [0.1, 0.15) is 23.4 Å². The number of rotatable bonds is 13. The third-order valence-corrected chi connectivity index (χ3v) is 5.61. The molecule has 0 aliphatic carbocycles. The van der Waals surface area contributed by atoms with E-state index in [1.807, 2.05) is 30.3 Å². The van der Waals surface area contributed by atoms with E-state index in [0.29, 0.717) is 0 Å². The molecule has 0 aromatic heterocycles. The van der Waals surface area contributed by atoms with Crippen molar-refractivity contribution in [2.24, 2.45) is 0 Å². The summed E-state index contributed by atoms with van der Waals surface area (Å²) >= 11 is 0. The van der Waals surface area contributed by atoms with E-state index >= 15 is 0 Å². The number of phenols is 1. The third-order valence-electron chi connectivity index (χ3n) is 5.61. The van der Waals surface area contributed by atoms with Crippen molar-refractivity contribution in [3.63, 3.8) is 0 Å². The second kappa shape index (κ2) is 15.3. The van der Waals surface area contributed by atoms with E-state index in [-0.39, 0.29) is 43.9 Å². The van der Waals surface area contributed by atoms with Crippen molar-refractivity contribution in [3.05, 3.63) is 78.4 Å². The van der Waals surface area contributed by atoms with Crippen LogP contribution in [0.5, 0.6) is 5.75 Å². The lowest BCUT2D eigenvalue weighted by Gasteiger charge is -2.34. The number of hydrogen-bond donors (Lipinski definition) is 3. The number of carbonyl (C=O) groups excluding carboxylic acids is 4. The molecule has 2 atom stereocenters. The zero-order valence-corrected chi connectivity index (χ0v) is 23.5. The molecule has 2 aromatic carbocycles. The molecule has 0 bridgehead atoms. The molecule has 0 saturated carbocycles. The normalized spacial score (nSPS) is 12.4. The van der Waals surface area contributed by atoms with E-state index in [1.54, 1.807) is 39.8 Å². The van der Waals surface area contributed by atoms with E-state index in [2.05, 4.69) is 17.2 Å². The second-order valence-electron chi connectivity index (χ2n) is 9.98. The van der Waals surface area contributed by atoms with Gasteiger partial charge in [-0.25, -0.2) is 4.79 Å². The summed E-state index contributed by atoms with van der Waals surface area (Å²) in [6.07, 6.45) is 0.701. The van der Waals surface area contributed by atoms with Gasteiger partial charge in [0.25, 0.3) is 0 Å². The minimum atomic E-state index is -1.30. The molecule has 2 unspecified atom stereocenters. The Morgan fingerprint density at radius 1 is 1.05 bits per heavy atom. The maximum atomic E-state index is 14.1. The van der Waals surface area contributed by atoms with Crippen molar-refractivity contribution in [1.29, 1.82) is 0 Å². The Labute approximate surface area is 235 Å². The van der Waals surface area contributed by atoms with Crippen molar-refractivity contribution in [2.75, 3.05) is 19.7 Å². The fourth-order valence-electron chi connectivity index (χ4n) is 3.95. The molecular weight excluding hydrogens is 514 g/mol. The van der Waals surface area contributed by atoms with Crippen LogP contribution in [0.4, 0.5) is 4.79 Å². The standard InChI is InChI=1S/C30H39N3O7/c1-6-19-33(26(22-15-11-12-16-24(22)34)27(36)31-18-17-25(35)39-7-2)28(37)23(20-21-13-9-8-10-14-21)32-29(38)40-30(3,4)5/h6,8-16,23,26,34H,1,7,17-20H2,2-5H3,(H,31,36)(H,32,38). The fraction of sp³-hybridized carbons (Fsp3) is 0.400. The quantitative estimate of drug-likeness (QED) is 0.255. The molecule has 3 amide bonds. The monoisotopic (exact) mass is 553 g/mol. The zero-order valence-electron chi connectivity index (χ0n) is 23.5. The van der Waals surface area contributed by atoms with Crippen LogP contribution in [0.3, 0.4) is 0 Å². The first kappa shape index (κ1) is 31.9. The Balaban J connectivity index is 2.46. The van der Waals surface area contributed by atoms with Gasteiger partial charge in [0.15, 0.2) is 0 Å². The third kappa shape index (κ3) is 10.1. The molecular formula is C30H39N3O7. The minimum absolute atomic E-state index is 0.0402.